The summed E-state index contributed by atoms with van der Waals surface area (Å²) in [5.74, 6) is 0. The number of aliphatic hydroxyl groups excluding tert-OH is 1. The van der Waals surface area contributed by atoms with Crippen molar-refractivity contribution in [2.24, 2.45) is 5.73 Å². The fourth-order valence-corrected chi connectivity index (χ4v) is 0. The monoisotopic (exact) mass is 107 g/mol. The van der Waals surface area contributed by atoms with Crippen LogP contribution in [0.5, 0.6) is 0 Å². The maximum atomic E-state index is 8.37. The molecule has 7 heavy (non-hydrogen) atoms. The quantitative estimate of drug-likeness (QED) is 0.291. The zero-order chi connectivity index (χ0) is 6.08. The van der Waals surface area contributed by atoms with Crippen molar-refractivity contribution in [2.75, 3.05) is 0 Å². The molecule has 0 aromatic rings. The lowest BCUT2D eigenvalue weighted by atomic mass is 10.3. The zero-order valence-corrected chi connectivity index (χ0v) is 4.00. The van der Waals surface area contributed by atoms with E-state index in [-0.39, 0.29) is 0 Å². The van der Waals surface area contributed by atoms with Gasteiger partial charge in [0.05, 0.1) is 0 Å². The third-order valence-corrected chi connectivity index (χ3v) is 0.523. The van der Waals surface area contributed by atoms with Gasteiger partial charge in [0.25, 0.3) is 0 Å². The Balaban J connectivity index is 3.54. The van der Waals surface area contributed by atoms with Crippen LogP contribution < -0.4 is 5.73 Å². The molecule has 1 unspecified atom stereocenters. The molecule has 0 aliphatic carbocycles. The van der Waals surface area contributed by atoms with Crippen molar-refractivity contribution in [1.82, 2.24) is 0 Å². The molecule has 0 aliphatic rings. The summed E-state index contributed by atoms with van der Waals surface area (Å²) in [7, 11) is 0. The van der Waals surface area contributed by atoms with Gasteiger partial charge in [-0.3, -0.25) is 5.73 Å². The van der Waals surface area contributed by atoms with Gasteiger partial charge in [-0.2, -0.15) is 0 Å². The van der Waals surface area contributed by atoms with Crippen LogP contribution in [0.1, 0.15) is 6.92 Å². The molecule has 1 atom stereocenters. The molecule has 0 heterocycles. The van der Waals surface area contributed by atoms with E-state index in [0.29, 0.717) is 0 Å². The van der Waals surface area contributed by atoms with Crippen molar-refractivity contribution in [2.45, 2.75) is 18.9 Å². The molecule has 0 saturated heterocycles. The van der Waals surface area contributed by atoms with Crippen molar-refractivity contribution < 1.29 is 15.3 Å². The van der Waals surface area contributed by atoms with Crippen molar-refractivity contribution >= 4 is 0 Å². The molecule has 0 radical (unpaired) electrons. The number of hydrogen-bond donors (Lipinski definition) is 4. The Labute approximate surface area is 41.2 Å². The summed E-state index contributed by atoms with van der Waals surface area (Å²) >= 11 is 0. The Morgan fingerprint density at radius 1 is 1.57 bits per heavy atom. The van der Waals surface area contributed by atoms with E-state index in [4.69, 9.17) is 21.1 Å². The molecule has 44 valence electrons. The Bertz CT molecular complexity index is 55.7. The van der Waals surface area contributed by atoms with E-state index in [1.807, 2.05) is 0 Å². The maximum absolute atomic E-state index is 8.37. The second-order valence-corrected chi connectivity index (χ2v) is 1.60. The minimum atomic E-state index is -1.89. The molecule has 0 aromatic heterocycles. The molecular formula is C3H9NO3. The minimum Gasteiger partial charge on any atom is -0.371 e. The van der Waals surface area contributed by atoms with Gasteiger partial charge in [0.1, 0.15) is 0 Å². The van der Waals surface area contributed by atoms with E-state index in [9.17, 15) is 0 Å². The zero-order valence-electron chi connectivity index (χ0n) is 4.00. The second-order valence-electron chi connectivity index (χ2n) is 1.60. The van der Waals surface area contributed by atoms with Crippen molar-refractivity contribution in [3.05, 3.63) is 0 Å². The summed E-state index contributed by atoms with van der Waals surface area (Å²) in [5.41, 5.74) is 2.84. The van der Waals surface area contributed by atoms with Crippen LogP contribution in [0, 0.1) is 0 Å². The van der Waals surface area contributed by atoms with Crippen LogP contribution >= 0.6 is 0 Å². The van der Waals surface area contributed by atoms with Gasteiger partial charge in [-0.25, -0.2) is 0 Å². The molecule has 0 amide bonds. The van der Waals surface area contributed by atoms with Crippen LogP contribution in [-0.2, 0) is 0 Å². The summed E-state index contributed by atoms with van der Waals surface area (Å²) in [5, 5.41) is 24.5. The van der Waals surface area contributed by atoms with Gasteiger partial charge in [0.15, 0.2) is 12.0 Å². The fraction of sp³-hybridized carbons (Fsp3) is 1.00. The van der Waals surface area contributed by atoms with E-state index in [1.54, 1.807) is 0 Å². The molecular weight excluding hydrogens is 98.0 g/mol. The molecule has 0 spiro atoms. The van der Waals surface area contributed by atoms with Gasteiger partial charge < -0.3 is 15.3 Å². The van der Waals surface area contributed by atoms with Gasteiger partial charge in [0.2, 0.25) is 0 Å². The average Bonchev–Trinajstić information content (AvgIpc) is 1.31. The Kier molecular flexibility index (Phi) is 1.71. The number of aliphatic hydroxyl groups is 3. The lowest BCUT2D eigenvalue weighted by molar-refractivity contribution is -0.172. The van der Waals surface area contributed by atoms with Crippen LogP contribution in [0.3, 0.4) is 0 Å². The van der Waals surface area contributed by atoms with Gasteiger partial charge >= 0.3 is 0 Å². The van der Waals surface area contributed by atoms with Crippen LogP contribution in [0.25, 0.3) is 0 Å². The lowest BCUT2D eigenvalue weighted by Crippen LogP contribution is -2.47. The highest BCUT2D eigenvalue weighted by molar-refractivity contribution is 4.62. The molecule has 4 nitrogen and oxygen atoms in total. The van der Waals surface area contributed by atoms with Gasteiger partial charge in [-0.05, 0) is 6.92 Å². The van der Waals surface area contributed by atoms with Gasteiger partial charge in [0, 0.05) is 0 Å². The molecule has 5 N–H and O–H groups in total. The SMILES string of the molecule is CC(N)(O)C(O)O. The smallest absolute Gasteiger partial charge is 0.194 e. The van der Waals surface area contributed by atoms with E-state index < -0.39 is 12.0 Å². The molecule has 0 aromatic carbocycles. The van der Waals surface area contributed by atoms with Crippen LogP contribution in [0.15, 0.2) is 0 Å². The van der Waals surface area contributed by atoms with Crippen molar-refractivity contribution in [3.8, 4) is 0 Å². The van der Waals surface area contributed by atoms with E-state index in [1.165, 1.54) is 0 Å². The molecule has 0 bridgehead atoms. The average molecular weight is 107 g/mol. The molecule has 0 rings (SSSR count). The first-order valence-electron chi connectivity index (χ1n) is 1.82. The first-order chi connectivity index (χ1) is 2.94. The molecule has 0 aliphatic heterocycles. The summed E-state index contributed by atoms with van der Waals surface area (Å²) in [6.45, 7) is 1.09. The standard InChI is InChI=1S/C3H9NO3/c1-3(4,7)2(5)6/h2,5-7H,4H2,1H3. The van der Waals surface area contributed by atoms with E-state index in [0.717, 1.165) is 6.92 Å². The highest BCUT2D eigenvalue weighted by Crippen LogP contribution is 1.94. The third-order valence-electron chi connectivity index (χ3n) is 0.523. The maximum Gasteiger partial charge on any atom is 0.194 e. The minimum absolute atomic E-state index is 1.09. The number of nitrogens with two attached hydrogens (primary N) is 1. The normalized spacial score (nSPS) is 19.7. The Morgan fingerprint density at radius 2 is 1.71 bits per heavy atom. The first-order valence-corrected chi connectivity index (χ1v) is 1.82. The van der Waals surface area contributed by atoms with Crippen molar-refractivity contribution in [3.63, 3.8) is 0 Å². The van der Waals surface area contributed by atoms with Crippen molar-refractivity contribution in [1.29, 1.82) is 0 Å². The number of hydrogen-bond acceptors (Lipinski definition) is 4. The van der Waals surface area contributed by atoms with Gasteiger partial charge in [-0.1, -0.05) is 0 Å². The van der Waals surface area contributed by atoms with Gasteiger partial charge in [-0.15, -0.1) is 0 Å². The van der Waals surface area contributed by atoms with E-state index >= 15 is 0 Å². The van der Waals surface area contributed by atoms with Crippen LogP contribution in [-0.4, -0.2) is 27.3 Å². The predicted octanol–water partition coefficient (Wildman–Crippen LogP) is -2.04. The summed E-state index contributed by atoms with van der Waals surface area (Å²) in [6, 6.07) is 0. The summed E-state index contributed by atoms with van der Waals surface area (Å²) < 4.78 is 0. The largest absolute Gasteiger partial charge is 0.371 e. The highest BCUT2D eigenvalue weighted by Gasteiger charge is 2.21. The van der Waals surface area contributed by atoms with Crippen LogP contribution in [0.4, 0.5) is 0 Å². The van der Waals surface area contributed by atoms with Crippen LogP contribution in [0.2, 0.25) is 0 Å². The Morgan fingerprint density at radius 3 is 1.71 bits per heavy atom. The first kappa shape index (κ1) is 6.84. The van der Waals surface area contributed by atoms with E-state index in [2.05, 4.69) is 0 Å². The topological polar surface area (TPSA) is 86.7 Å². The molecule has 0 fully saturated rings. The summed E-state index contributed by atoms with van der Waals surface area (Å²) in [4.78, 5) is 0. The molecule has 4 heteroatoms. The third kappa shape index (κ3) is 2.52. The fourth-order valence-electron chi connectivity index (χ4n) is 0. The lowest BCUT2D eigenvalue weighted by Gasteiger charge is -2.18. The summed E-state index contributed by atoms with van der Waals surface area (Å²) in [6.07, 6.45) is -1.87. The highest BCUT2D eigenvalue weighted by atomic mass is 16.5. The Hall–Kier alpha value is -0.160. The molecule has 0 saturated carbocycles. The second kappa shape index (κ2) is 1.75. The predicted molar refractivity (Wildman–Crippen MR) is 23.0 cm³/mol. The number of rotatable bonds is 1.